The van der Waals surface area contributed by atoms with Crippen LogP contribution < -0.4 is 15.9 Å². The molecule has 0 saturated heterocycles. The van der Waals surface area contributed by atoms with E-state index >= 15 is 0 Å². The van der Waals surface area contributed by atoms with Gasteiger partial charge in [0.1, 0.15) is 23.2 Å². The number of hydrogen-bond donors (Lipinski definition) is 1. The lowest BCUT2D eigenvalue weighted by Gasteiger charge is -2.27. The van der Waals surface area contributed by atoms with Crippen molar-refractivity contribution in [3.63, 3.8) is 0 Å². The van der Waals surface area contributed by atoms with Crippen molar-refractivity contribution in [2.75, 3.05) is 12.8 Å². The van der Waals surface area contributed by atoms with E-state index in [-0.39, 0.29) is 6.61 Å². The summed E-state index contributed by atoms with van der Waals surface area (Å²) in [7, 11) is -1.73. The predicted molar refractivity (Wildman–Crippen MR) is 212 cm³/mol. The Balaban J connectivity index is 0.000000715. The van der Waals surface area contributed by atoms with Crippen molar-refractivity contribution in [3.05, 3.63) is 163 Å². The lowest BCUT2D eigenvalue weighted by atomic mass is 10.0. The van der Waals surface area contributed by atoms with Gasteiger partial charge in [0, 0.05) is 13.0 Å². The highest BCUT2D eigenvalue weighted by Gasteiger charge is 2.44. The van der Waals surface area contributed by atoms with Gasteiger partial charge in [0.2, 0.25) is 0 Å². The van der Waals surface area contributed by atoms with Gasteiger partial charge in [-0.3, -0.25) is 0 Å². The van der Waals surface area contributed by atoms with Crippen LogP contribution in [-0.4, -0.2) is 17.9 Å². The van der Waals surface area contributed by atoms with Gasteiger partial charge < -0.3 is 5.11 Å². The first-order chi connectivity index (χ1) is 22.2. The Morgan fingerprint density at radius 1 is 0.435 bits per heavy atom. The van der Waals surface area contributed by atoms with E-state index < -0.39 is 7.26 Å². The first kappa shape index (κ1) is 42.5. The molecular weight excluding hydrogens is 575 g/mol. The van der Waals surface area contributed by atoms with Crippen LogP contribution in [0.2, 0.25) is 0 Å². The zero-order chi connectivity index (χ0) is 34.7. The third-order valence-corrected chi connectivity index (χ3v) is 10.6. The molecule has 2 heteroatoms. The second-order valence-corrected chi connectivity index (χ2v) is 15.5. The van der Waals surface area contributed by atoms with Crippen molar-refractivity contribution < 1.29 is 5.11 Å². The van der Waals surface area contributed by atoms with Gasteiger partial charge in [0.25, 0.3) is 0 Å². The zero-order valence-electron chi connectivity index (χ0n) is 30.4. The molecule has 0 aliphatic heterocycles. The molecule has 5 aromatic rings. The van der Waals surface area contributed by atoms with Crippen LogP contribution in [0, 0.1) is 19.3 Å². The molecule has 0 spiro atoms. The molecule has 1 N–H and O–H groups in total. The fourth-order valence-electron chi connectivity index (χ4n) is 4.26. The molecule has 0 saturated carbocycles. The van der Waals surface area contributed by atoms with E-state index in [4.69, 9.17) is 0 Å². The van der Waals surface area contributed by atoms with Crippen molar-refractivity contribution in [1.82, 2.24) is 0 Å². The summed E-state index contributed by atoms with van der Waals surface area (Å²) in [6.45, 7) is 21.1. The van der Waals surface area contributed by atoms with Gasteiger partial charge in [-0.15, -0.1) is 0 Å². The fraction of sp³-hybridized carbons (Fsp3) is 0.318. The Kier molecular flexibility index (Phi) is 23.7. The summed E-state index contributed by atoms with van der Waals surface area (Å²) >= 11 is 0. The molecule has 0 radical (unpaired) electrons. The molecule has 0 amide bonds. The quantitative estimate of drug-likeness (QED) is 0.184. The maximum absolute atomic E-state index is 9.49. The third-order valence-electron chi connectivity index (χ3n) is 6.12. The molecule has 248 valence electrons. The number of rotatable bonds is 6. The minimum atomic E-state index is -1.73. The molecule has 0 heterocycles. The maximum Gasteiger partial charge on any atom is 0.112 e. The topological polar surface area (TPSA) is 20.2 Å². The largest absolute Gasteiger partial charge is 0.396 e. The monoisotopic (exact) mass is 637 g/mol. The van der Waals surface area contributed by atoms with Crippen molar-refractivity contribution in [3.8, 4) is 0 Å². The van der Waals surface area contributed by atoms with E-state index in [1.54, 1.807) is 0 Å². The second kappa shape index (κ2) is 25.7. The Morgan fingerprint density at radius 3 is 0.826 bits per heavy atom. The number of hydrogen-bond acceptors (Lipinski definition) is 1. The second-order valence-electron chi connectivity index (χ2n) is 11.9. The highest BCUT2D eigenvalue weighted by Crippen LogP contribution is 2.55. The summed E-state index contributed by atoms with van der Waals surface area (Å²) in [5, 5.41) is 13.6. The average molecular weight is 638 g/mol. The summed E-state index contributed by atoms with van der Waals surface area (Å²) in [5.74, 6) is 0. The summed E-state index contributed by atoms with van der Waals surface area (Å²) in [6, 6.07) is 52.9. The standard InChI is InChI=1S/C21H22OP.2C7H8.C5H12.2C2H6/c22-17-10-18-23(19-11-4-1-5-12-19,20-13-6-2-7-14-20)21-15-8-3-9-16-21;2*1-7-5-3-2-4-6-7;1-5(2,3)4;2*1-2/h1-9,11-16,22H,10,17-18H2;2*2-6H,1H3;1-4H3;2*1-2H3/q+1;;;;;. The molecule has 0 aliphatic rings. The normalized spacial score (nSPS) is 9.89. The van der Waals surface area contributed by atoms with Crippen LogP contribution in [0.3, 0.4) is 0 Å². The maximum atomic E-state index is 9.49. The Bertz CT molecular complexity index is 1190. The lowest BCUT2D eigenvalue weighted by Crippen LogP contribution is -2.33. The van der Waals surface area contributed by atoms with E-state index in [1.165, 1.54) is 27.0 Å². The molecule has 5 aromatic carbocycles. The van der Waals surface area contributed by atoms with E-state index in [0.29, 0.717) is 5.41 Å². The molecule has 0 fully saturated rings. The average Bonchev–Trinajstić information content (AvgIpc) is 3.09. The van der Waals surface area contributed by atoms with E-state index in [1.807, 2.05) is 64.1 Å². The molecule has 0 aromatic heterocycles. The molecule has 0 bridgehead atoms. The van der Waals surface area contributed by atoms with Gasteiger partial charge in [0.15, 0.2) is 0 Å². The third kappa shape index (κ3) is 17.8. The number of aryl methyl sites for hydroxylation is 2. The highest BCUT2D eigenvalue weighted by atomic mass is 31.2. The van der Waals surface area contributed by atoms with E-state index in [0.717, 1.165) is 12.6 Å². The fourth-order valence-corrected chi connectivity index (χ4v) is 8.59. The minimum absolute atomic E-state index is 0.230. The van der Waals surface area contributed by atoms with Crippen LogP contribution >= 0.6 is 7.26 Å². The Hall–Kier alpha value is -3.51. The summed E-state index contributed by atoms with van der Waals surface area (Å²) < 4.78 is 0. The number of aliphatic hydroxyl groups excluding tert-OH is 1. The van der Waals surface area contributed by atoms with Gasteiger partial charge in [-0.1, -0.05) is 182 Å². The highest BCUT2D eigenvalue weighted by molar-refractivity contribution is 7.95. The minimum Gasteiger partial charge on any atom is -0.396 e. The number of aliphatic hydroxyl groups is 1. The molecular formula is C44H62OP+. The molecule has 0 atom stereocenters. The smallest absolute Gasteiger partial charge is 0.112 e. The van der Waals surface area contributed by atoms with Crippen molar-refractivity contribution in [1.29, 1.82) is 0 Å². The lowest BCUT2D eigenvalue weighted by molar-refractivity contribution is 0.296. The summed E-state index contributed by atoms with van der Waals surface area (Å²) in [5.41, 5.74) is 3.14. The number of benzene rings is 5. The molecule has 46 heavy (non-hydrogen) atoms. The van der Waals surface area contributed by atoms with Crippen molar-refractivity contribution in [2.45, 2.75) is 75.7 Å². The van der Waals surface area contributed by atoms with Crippen LogP contribution in [0.25, 0.3) is 0 Å². The van der Waals surface area contributed by atoms with E-state index in [2.05, 4.69) is 157 Å². The van der Waals surface area contributed by atoms with Crippen molar-refractivity contribution >= 4 is 23.2 Å². The Morgan fingerprint density at radius 2 is 0.652 bits per heavy atom. The molecule has 5 rings (SSSR count). The van der Waals surface area contributed by atoms with Crippen LogP contribution in [-0.2, 0) is 0 Å². The van der Waals surface area contributed by atoms with Crippen LogP contribution in [0.15, 0.2) is 152 Å². The summed E-state index contributed by atoms with van der Waals surface area (Å²) in [4.78, 5) is 0. The molecule has 0 aliphatic carbocycles. The zero-order valence-corrected chi connectivity index (χ0v) is 31.3. The molecule has 1 nitrogen and oxygen atoms in total. The van der Waals surface area contributed by atoms with Gasteiger partial charge >= 0.3 is 0 Å². The van der Waals surface area contributed by atoms with Gasteiger partial charge in [0.05, 0.1) is 6.16 Å². The first-order valence-electron chi connectivity index (χ1n) is 16.9. The van der Waals surface area contributed by atoms with Gasteiger partial charge in [-0.25, -0.2) is 0 Å². The Labute approximate surface area is 284 Å². The van der Waals surface area contributed by atoms with Crippen LogP contribution in [0.5, 0.6) is 0 Å². The molecule has 0 unspecified atom stereocenters. The SMILES string of the molecule is CC.CC.CC(C)(C)C.Cc1ccccc1.Cc1ccccc1.OCCC[P+](c1ccccc1)(c1ccccc1)c1ccccc1. The van der Waals surface area contributed by atoms with Crippen molar-refractivity contribution in [2.24, 2.45) is 5.41 Å². The van der Waals surface area contributed by atoms with E-state index in [9.17, 15) is 5.11 Å². The first-order valence-corrected chi connectivity index (χ1v) is 18.8. The van der Waals surface area contributed by atoms with Gasteiger partial charge in [-0.05, 0) is 55.7 Å². The van der Waals surface area contributed by atoms with Crippen LogP contribution in [0.4, 0.5) is 0 Å². The van der Waals surface area contributed by atoms with Gasteiger partial charge in [-0.2, -0.15) is 0 Å². The van der Waals surface area contributed by atoms with Crippen LogP contribution in [0.1, 0.15) is 72.9 Å². The predicted octanol–water partition coefficient (Wildman–Crippen LogP) is 11.5. The summed E-state index contributed by atoms with van der Waals surface area (Å²) in [6.07, 6.45) is 1.80.